The maximum atomic E-state index is 11.6. The summed E-state index contributed by atoms with van der Waals surface area (Å²) in [5, 5.41) is 6.21. The highest BCUT2D eigenvalue weighted by Gasteiger charge is 2.31. The van der Waals surface area contributed by atoms with Gasteiger partial charge in [0.05, 0.1) is 6.54 Å². The summed E-state index contributed by atoms with van der Waals surface area (Å²) in [6.45, 7) is 10.4. The SMILES string of the molecule is CCNCC(=O)NC1CCC(C(C)(C)CC)CC1. The minimum atomic E-state index is 0.148. The van der Waals surface area contributed by atoms with E-state index in [1.54, 1.807) is 0 Å². The van der Waals surface area contributed by atoms with Crippen molar-refractivity contribution in [3.05, 3.63) is 0 Å². The minimum absolute atomic E-state index is 0.148. The second-order valence-corrected chi connectivity index (χ2v) is 6.24. The van der Waals surface area contributed by atoms with Crippen LogP contribution in [0.3, 0.4) is 0 Å². The molecule has 1 rings (SSSR count). The van der Waals surface area contributed by atoms with Crippen LogP contribution < -0.4 is 10.6 Å². The second-order valence-electron chi connectivity index (χ2n) is 6.24. The molecule has 0 aromatic heterocycles. The van der Waals surface area contributed by atoms with Crippen molar-refractivity contribution >= 4 is 5.91 Å². The van der Waals surface area contributed by atoms with Crippen LogP contribution >= 0.6 is 0 Å². The first-order valence-corrected chi connectivity index (χ1v) is 7.49. The van der Waals surface area contributed by atoms with E-state index in [0.717, 1.165) is 25.3 Å². The molecule has 0 aromatic rings. The van der Waals surface area contributed by atoms with E-state index >= 15 is 0 Å². The van der Waals surface area contributed by atoms with Crippen LogP contribution in [0.25, 0.3) is 0 Å². The van der Waals surface area contributed by atoms with Gasteiger partial charge in [0.25, 0.3) is 0 Å². The molecule has 0 heterocycles. The lowest BCUT2D eigenvalue weighted by Crippen LogP contribution is -2.43. The van der Waals surface area contributed by atoms with E-state index in [0.29, 0.717) is 18.0 Å². The normalized spacial score (nSPS) is 24.9. The summed E-state index contributed by atoms with van der Waals surface area (Å²) >= 11 is 0. The zero-order valence-electron chi connectivity index (χ0n) is 12.5. The average Bonchev–Trinajstić information content (AvgIpc) is 2.37. The van der Waals surface area contributed by atoms with E-state index in [4.69, 9.17) is 0 Å². The summed E-state index contributed by atoms with van der Waals surface area (Å²) in [7, 11) is 0. The first-order valence-electron chi connectivity index (χ1n) is 7.49. The quantitative estimate of drug-likeness (QED) is 0.765. The Labute approximate surface area is 112 Å². The topological polar surface area (TPSA) is 41.1 Å². The number of carbonyl (C=O) groups excluding carboxylic acids is 1. The molecule has 0 radical (unpaired) electrons. The molecule has 0 bridgehead atoms. The Kier molecular flexibility index (Phi) is 6.13. The minimum Gasteiger partial charge on any atom is -0.352 e. The molecule has 0 aliphatic heterocycles. The van der Waals surface area contributed by atoms with Crippen molar-refractivity contribution in [2.45, 2.75) is 65.8 Å². The van der Waals surface area contributed by atoms with Gasteiger partial charge in [0.1, 0.15) is 0 Å². The number of carbonyl (C=O) groups is 1. The summed E-state index contributed by atoms with van der Waals surface area (Å²) < 4.78 is 0. The molecule has 1 amide bonds. The lowest BCUT2D eigenvalue weighted by molar-refractivity contribution is -0.121. The summed E-state index contributed by atoms with van der Waals surface area (Å²) in [5.41, 5.74) is 0.457. The molecule has 1 fully saturated rings. The van der Waals surface area contributed by atoms with Crippen LogP contribution in [-0.2, 0) is 4.79 Å². The van der Waals surface area contributed by atoms with E-state index in [1.165, 1.54) is 19.3 Å². The highest BCUT2D eigenvalue weighted by atomic mass is 16.1. The Morgan fingerprint density at radius 3 is 2.28 bits per heavy atom. The summed E-state index contributed by atoms with van der Waals surface area (Å²) in [5.74, 6) is 0.972. The number of nitrogens with one attached hydrogen (secondary N) is 2. The van der Waals surface area contributed by atoms with Gasteiger partial charge in [0.15, 0.2) is 0 Å². The molecule has 0 aromatic carbocycles. The van der Waals surface area contributed by atoms with E-state index in [2.05, 4.69) is 31.4 Å². The van der Waals surface area contributed by atoms with E-state index in [1.807, 2.05) is 6.92 Å². The van der Waals surface area contributed by atoms with Crippen molar-refractivity contribution in [1.29, 1.82) is 0 Å². The third-order valence-electron chi connectivity index (χ3n) is 4.64. The maximum absolute atomic E-state index is 11.6. The van der Waals surface area contributed by atoms with Crippen LogP contribution in [0, 0.1) is 11.3 Å². The van der Waals surface area contributed by atoms with Crippen LogP contribution in [0.2, 0.25) is 0 Å². The lowest BCUT2D eigenvalue weighted by atomic mass is 9.69. The van der Waals surface area contributed by atoms with Gasteiger partial charge in [-0.2, -0.15) is 0 Å². The van der Waals surface area contributed by atoms with Crippen molar-refractivity contribution in [1.82, 2.24) is 10.6 Å². The molecule has 3 heteroatoms. The first kappa shape index (κ1) is 15.5. The number of likely N-dealkylation sites (N-methyl/N-ethyl adjacent to an activating group) is 1. The highest BCUT2D eigenvalue weighted by Crippen LogP contribution is 2.40. The third kappa shape index (κ3) is 4.60. The fourth-order valence-electron chi connectivity index (χ4n) is 2.83. The second kappa shape index (κ2) is 7.13. The highest BCUT2D eigenvalue weighted by molar-refractivity contribution is 5.78. The summed E-state index contributed by atoms with van der Waals surface area (Å²) in [6, 6.07) is 0.403. The van der Waals surface area contributed by atoms with Gasteiger partial charge < -0.3 is 10.6 Å². The first-order chi connectivity index (χ1) is 8.49. The predicted octanol–water partition coefficient (Wildman–Crippen LogP) is 2.71. The molecule has 1 saturated carbocycles. The molecular weight excluding hydrogens is 224 g/mol. The Bertz CT molecular complexity index is 255. The molecular formula is C15H30N2O. The molecule has 0 atom stereocenters. The molecule has 0 spiro atoms. The van der Waals surface area contributed by atoms with Crippen LogP contribution in [0.4, 0.5) is 0 Å². The Hall–Kier alpha value is -0.570. The summed E-state index contributed by atoms with van der Waals surface area (Å²) in [4.78, 5) is 11.6. The standard InChI is InChI=1S/C15H30N2O/c1-5-15(3,4)12-7-9-13(10-8-12)17-14(18)11-16-6-2/h12-13,16H,5-11H2,1-4H3,(H,17,18). The third-order valence-corrected chi connectivity index (χ3v) is 4.64. The van der Waals surface area contributed by atoms with Crippen molar-refractivity contribution in [3.63, 3.8) is 0 Å². The molecule has 0 saturated heterocycles. The number of hydrogen-bond acceptors (Lipinski definition) is 2. The fourth-order valence-corrected chi connectivity index (χ4v) is 2.83. The fraction of sp³-hybridized carbons (Fsp3) is 0.933. The van der Waals surface area contributed by atoms with Crippen molar-refractivity contribution in [2.24, 2.45) is 11.3 Å². The number of rotatable bonds is 6. The van der Waals surface area contributed by atoms with Gasteiger partial charge in [0.2, 0.25) is 5.91 Å². The van der Waals surface area contributed by atoms with Gasteiger partial charge in [-0.25, -0.2) is 0 Å². The van der Waals surface area contributed by atoms with Gasteiger partial charge in [0, 0.05) is 6.04 Å². The lowest BCUT2D eigenvalue weighted by Gasteiger charge is -2.39. The largest absolute Gasteiger partial charge is 0.352 e. The van der Waals surface area contributed by atoms with Crippen LogP contribution in [-0.4, -0.2) is 25.0 Å². The van der Waals surface area contributed by atoms with Gasteiger partial charge in [-0.15, -0.1) is 0 Å². The zero-order chi connectivity index (χ0) is 13.6. The predicted molar refractivity (Wildman–Crippen MR) is 76.5 cm³/mol. The molecule has 0 unspecified atom stereocenters. The van der Waals surface area contributed by atoms with Crippen LogP contribution in [0.15, 0.2) is 0 Å². The molecule has 2 N–H and O–H groups in total. The van der Waals surface area contributed by atoms with Gasteiger partial charge in [-0.1, -0.05) is 34.1 Å². The molecule has 1 aliphatic rings. The molecule has 1 aliphatic carbocycles. The van der Waals surface area contributed by atoms with Crippen molar-refractivity contribution in [2.75, 3.05) is 13.1 Å². The van der Waals surface area contributed by atoms with Crippen molar-refractivity contribution < 1.29 is 4.79 Å². The summed E-state index contributed by atoms with van der Waals surface area (Å²) in [6.07, 6.45) is 6.05. The Balaban J connectivity index is 2.29. The van der Waals surface area contributed by atoms with Crippen LogP contribution in [0.5, 0.6) is 0 Å². The van der Waals surface area contributed by atoms with Gasteiger partial charge in [-0.3, -0.25) is 4.79 Å². The van der Waals surface area contributed by atoms with E-state index < -0.39 is 0 Å². The average molecular weight is 254 g/mol. The maximum Gasteiger partial charge on any atom is 0.234 e. The smallest absolute Gasteiger partial charge is 0.234 e. The van der Waals surface area contributed by atoms with E-state index in [9.17, 15) is 4.79 Å². The zero-order valence-corrected chi connectivity index (χ0v) is 12.5. The van der Waals surface area contributed by atoms with Gasteiger partial charge in [-0.05, 0) is 43.6 Å². The monoisotopic (exact) mass is 254 g/mol. The van der Waals surface area contributed by atoms with Crippen LogP contribution in [0.1, 0.15) is 59.8 Å². The van der Waals surface area contributed by atoms with Crippen molar-refractivity contribution in [3.8, 4) is 0 Å². The molecule has 3 nitrogen and oxygen atoms in total. The van der Waals surface area contributed by atoms with E-state index in [-0.39, 0.29) is 5.91 Å². The Morgan fingerprint density at radius 1 is 1.17 bits per heavy atom. The molecule has 18 heavy (non-hydrogen) atoms. The number of hydrogen-bond donors (Lipinski definition) is 2. The molecule has 106 valence electrons. The van der Waals surface area contributed by atoms with Gasteiger partial charge >= 0.3 is 0 Å². The number of amides is 1. The Morgan fingerprint density at radius 2 is 1.78 bits per heavy atom.